The summed E-state index contributed by atoms with van der Waals surface area (Å²) in [6, 6.07) is 2.13. The lowest BCUT2D eigenvalue weighted by Crippen LogP contribution is -2.52. The fourth-order valence-corrected chi connectivity index (χ4v) is 4.64. The van der Waals surface area contributed by atoms with Crippen LogP contribution in [0.15, 0.2) is 17.5 Å². The zero-order valence-corrected chi connectivity index (χ0v) is 15.6. The molecule has 1 aromatic rings. The Morgan fingerprint density at radius 1 is 1.46 bits per heavy atom. The number of carbonyl (C=O) groups excluding carboxylic acids is 1. The number of nitrogens with zero attached hydrogens (tertiary/aromatic N) is 1. The van der Waals surface area contributed by atoms with Crippen LogP contribution in [0, 0.1) is 17.2 Å². The molecule has 2 atom stereocenters. The minimum Gasteiger partial charge on any atom is -0.336 e. The molecular formula is C17H20F3N3OS2. The van der Waals surface area contributed by atoms with Crippen LogP contribution in [0.4, 0.5) is 13.2 Å². The second-order valence-electron chi connectivity index (χ2n) is 6.87. The number of rotatable bonds is 9. The van der Waals surface area contributed by atoms with E-state index in [2.05, 4.69) is 10.6 Å². The minimum atomic E-state index is -4.50. The molecule has 0 bridgehead atoms. The molecular weight excluding hydrogens is 383 g/mol. The largest absolute Gasteiger partial charge is 0.408 e. The van der Waals surface area contributed by atoms with E-state index < -0.39 is 29.7 Å². The molecule has 2 aliphatic carbocycles. The van der Waals surface area contributed by atoms with Crippen molar-refractivity contribution in [2.24, 2.45) is 5.92 Å². The lowest BCUT2D eigenvalue weighted by atomic mass is 10.1. The number of nitriles is 1. The van der Waals surface area contributed by atoms with Gasteiger partial charge in [-0.3, -0.25) is 10.1 Å². The number of thioether (sulfide) groups is 1. The van der Waals surface area contributed by atoms with Crippen molar-refractivity contribution in [3.8, 4) is 6.07 Å². The average Bonchev–Trinajstić information content (AvgIpc) is 3.49. The molecule has 26 heavy (non-hydrogen) atoms. The first kappa shape index (κ1) is 19.5. The van der Waals surface area contributed by atoms with E-state index in [0.717, 1.165) is 29.9 Å². The Bertz CT molecular complexity index is 664. The molecule has 0 aromatic carbocycles. The highest BCUT2D eigenvalue weighted by Crippen LogP contribution is 2.37. The summed E-state index contributed by atoms with van der Waals surface area (Å²) in [7, 11) is 0. The molecule has 1 heterocycles. The predicted octanol–water partition coefficient (Wildman–Crippen LogP) is 3.63. The summed E-state index contributed by atoms with van der Waals surface area (Å²) in [5, 5.41) is 15.9. The molecule has 1 aromatic heterocycles. The number of nitrogens with one attached hydrogen (secondary N) is 2. The second kappa shape index (κ2) is 7.79. The molecule has 1 amide bonds. The topological polar surface area (TPSA) is 64.9 Å². The summed E-state index contributed by atoms with van der Waals surface area (Å²) in [5.74, 6) is 1.19. The van der Waals surface area contributed by atoms with Crippen molar-refractivity contribution in [2.75, 3.05) is 11.5 Å². The highest BCUT2D eigenvalue weighted by atomic mass is 32.2. The van der Waals surface area contributed by atoms with E-state index in [4.69, 9.17) is 5.26 Å². The van der Waals surface area contributed by atoms with E-state index in [-0.39, 0.29) is 10.6 Å². The van der Waals surface area contributed by atoms with Crippen molar-refractivity contribution in [3.63, 3.8) is 0 Å². The Hall–Kier alpha value is -1.24. The Kier molecular flexibility index (Phi) is 5.85. The van der Waals surface area contributed by atoms with E-state index in [0.29, 0.717) is 18.8 Å². The van der Waals surface area contributed by atoms with E-state index in [9.17, 15) is 18.0 Å². The highest BCUT2D eigenvalue weighted by molar-refractivity contribution is 7.99. The summed E-state index contributed by atoms with van der Waals surface area (Å²) >= 11 is 2.50. The Balaban J connectivity index is 1.69. The van der Waals surface area contributed by atoms with Crippen molar-refractivity contribution in [3.05, 3.63) is 22.4 Å². The maximum Gasteiger partial charge on any atom is 0.408 e. The Morgan fingerprint density at radius 3 is 2.69 bits per heavy atom. The average molecular weight is 403 g/mol. The van der Waals surface area contributed by atoms with Crippen LogP contribution in [0.25, 0.3) is 0 Å². The predicted molar refractivity (Wildman–Crippen MR) is 95.8 cm³/mol. The maximum atomic E-state index is 13.5. The molecule has 1 unspecified atom stereocenters. The van der Waals surface area contributed by atoms with Gasteiger partial charge in [0.25, 0.3) is 0 Å². The molecule has 0 radical (unpaired) electrons. The van der Waals surface area contributed by atoms with E-state index in [1.165, 1.54) is 17.8 Å². The van der Waals surface area contributed by atoms with Crippen LogP contribution in [0.2, 0.25) is 0 Å². The number of amides is 1. The fraction of sp³-hybridized carbons (Fsp3) is 0.647. The summed E-state index contributed by atoms with van der Waals surface area (Å²) in [4.78, 5) is 12.7. The summed E-state index contributed by atoms with van der Waals surface area (Å²) < 4.78 is 40.6. The van der Waals surface area contributed by atoms with Gasteiger partial charge in [-0.25, -0.2) is 0 Å². The number of alkyl halides is 3. The number of thiophene rings is 1. The first-order valence-corrected chi connectivity index (χ1v) is 10.5. The first-order valence-electron chi connectivity index (χ1n) is 8.50. The van der Waals surface area contributed by atoms with E-state index >= 15 is 0 Å². The molecule has 142 valence electrons. The molecule has 9 heteroatoms. The highest BCUT2D eigenvalue weighted by Gasteiger charge is 2.47. The van der Waals surface area contributed by atoms with E-state index in [1.807, 2.05) is 6.07 Å². The van der Waals surface area contributed by atoms with Crippen LogP contribution in [-0.4, -0.2) is 35.2 Å². The Labute approximate surface area is 158 Å². The van der Waals surface area contributed by atoms with Gasteiger partial charge in [-0.1, -0.05) is 6.07 Å². The molecule has 0 spiro atoms. The number of hydrogen-bond acceptors (Lipinski definition) is 5. The smallest absolute Gasteiger partial charge is 0.336 e. The van der Waals surface area contributed by atoms with Gasteiger partial charge in [-0.05, 0) is 48.8 Å². The van der Waals surface area contributed by atoms with Crippen molar-refractivity contribution >= 4 is 29.0 Å². The van der Waals surface area contributed by atoms with Crippen molar-refractivity contribution in [1.82, 2.24) is 10.6 Å². The normalized spacial score (nSPS) is 20.8. The van der Waals surface area contributed by atoms with Crippen molar-refractivity contribution in [2.45, 2.75) is 49.5 Å². The standard InChI is InChI=1S/C17H20F3N3OS2/c18-17(19,20)14(13-2-1-7-26-13)22-12(9-25-8-11-3-4-11)15(24)23-16(10-21)5-6-16/h1-2,7,11-12,14,22H,3-6,8-9H2,(H,23,24)/t12-,14?/m0/s1. The van der Waals surface area contributed by atoms with Gasteiger partial charge >= 0.3 is 6.18 Å². The first-order chi connectivity index (χ1) is 12.3. The van der Waals surface area contributed by atoms with Crippen LogP contribution in [0.1, 0.15) is 36.6 Å². The van der Waals surface area contributed by atoms with Gasteiger partial charge in [0.15, 0.2) is 0 Å². The fourth-order valence-electron chi connectivity index (χ4n) is 2.54. The van der Waals surface area contributed by atoms with Crippen LogP contribution in [0.3, 0.4) is 0 Å². The number of carbonyl (C=O) groups is 1. The molecule has 4 nitrogen and oxygen atoms in total. The van der Waals surface area contributed by atoms with Crippen LogP contribution >= 0.6 is 23.1 Å². The number of halogens is 3. The zero-order valence-electron chi connectivity index (χ0n) is 14.0. The van der Waals surface area contributed by atoms with Crippen molar-refractivity contribution in [1.29, 1.82) is 5.26 Å². The molecule has 2 saturated carbocycles. The van der Waals surface area contributed by atoms with Crippen LogP contribution in [-0.2, 0) is 4.79 Å². The van der Waals surface area contributed by atoms with E-state index in [1.54, 1.807) is 11.4 Å². The Morgan fingerprint density at radius 2 is 2.19 bits per heavy atom. The molecule has 2 fully saturated rings. The summed E-state index contributed by atoms with van der Waals surface area (Å²) in [6.45, 7) is 0. The lowest BCUT2D eigenvalue weighted by molar-refractivity contribution is -0.159. The van der Waals surface area contributed by atoms with Gasteiger partial charge in [0.2, 0.25) is 5.91 Å². The molecule has 0 saturated heterocycles. The monoisotopic (exact) mass is 403 g/mol. The summed E-state index contributed by atoms with van der Waals surface area (Å²) in [6.07, 6.45) is -1.11. The van der Waals surface area contributed by atoms with Gasteiger partial charge in [-0.2, -0.15) is 30.2 Å². The van der Waals surface area contributed by atoms with Gasteiger partial charge < -0.3 is 5.32 Å². The SMILES string of the molecule is N#CC1(NC(=O)[C@H](CSCC2CC2)NC(c2cccs2)C(F)(F)F)CC1. The van der Waals surface area contributed by atoms with Crippen LogP contribution in [0.5, 0.6) is 0 Å². The zero-order chi connectivity index (χ0) is 18.8. The molecule has 0 aliphatic heterocycles. The maximum absolute atomic E-state index is 13.5. The molecule has 3 rings (SSSR count). The number of hydrogen-bond donors (Lipinski definition) is 2. The lowest BCUT2D eigenvalue weighted by Gasteiger charge is -2.27. The third-order valence-electron chi connectivity index (χ3n) is 4.50. The second-order valence-corrected chi connectivity index (χ2v) is 8.93. The third kappa shape index (κ3) is 5.15. The quantitative estimate of drug-likeness (QED) is 0.661. The summed E-state index contributed by atoms with van der Waals surface area (Å²) in [5.41, 5.74) is -0.894. The molecule has 2 N–H and O–H groups in total. The van der Waals surface area contributed by atoms with Crippen molar-refractivity contribution < 1.29 is 18.0 Å². The molecule has 2 aliphatic rings. The van der Waals surface area contributed by atoms with Crippen LogP contribution < -0.4 is 10.6 Å². The van der Waals surface area contributed by atoms with Gasteiger partial charge in [0, 0.05) is 10.6 Å². The third-order valence-corrected chi connectivity index (χ3v) is 6.71. The van der Waals surface area contributed by atoms with Gasteiger partial charge in [0.05, 0.1) is 12.1 Å². The minimum absolute atomic E-state index is 0.129. The van der Waals surface area contributed by atoms with Gasteiger partial charge in [0.1, 0.15) is 11.6 Å². The van der Waals surface area contributed by atoms with Gasteiger partial charge in [-0.15, -0.1) is 11.3 Å².